The summed E-state index contributed by atoms with van der Waals surface area (Å²) < 4.78 is 1.94. The number of pyridine rings is 1. The molecule has 0 spiro atoms. The predicted octanol–water partition coefficient (Wildman–Crippen LogP) is 1.15. The fourth-order valence-corrected chi connectivity index (χ4v) is 3.04. The van der Waals surface area contributed by atoms with E-state index in [1.165, 1.54) is 0 Å². The van der Waals surface area contributed by atoms with Crippen molar-refractivity contribution in [1.82, 2.24) is 29.5 Å². The van der Waals surface area contributed by atoms with Gasteiger partial charge in [0.2, 0.25) is 0 Å². The molecule has 0 unspecified atom stereocenters. The maximum Gasteiger partial charge on any atom is 0.256 e. The summed E-state index contributed by atoms with van der Waals surface area (Å²) in [5.41, 5.74) is 2.22. The van der Waals surface area contributed by atoms with E-state index in [1.807, 2.05) is 23.5 Å². The minimum Gasteiger partial charge on any atom is -0.355 e. The summed E-state index contributed by atoms with van der Waals surface area (Å²) in [5.74, 6) is 1.75. The molecule has 0 N–H and O–H groups in total. The molecule has 1 fully saturated rings. The van der Waals surface area contributed by atoms with Gasteiger partial charge in [0.1, 0.15) is 12.1 Å². The lowest BCUT2D eigenvalue weighted by Crippen LogP contribution is -2.46. The van der Waals surface area contributed by atoms with E-state index in [9.17, 15) is 0 Å². The molecular weight excluding hydrogens is 290 g/mol. The number of anilines is 1. The molecule has 4 heterocycles. The molecule has 0 aliphatic carbocycles. The third kappa shape index (κ3) is 2.87. The second kappa shape index (κ2) is 5.92. The standard InChI is InChI=1S/C16H19N7/c1-13-3-2-4-14(19-13)11-21-7-9-22(10-8-21)15-5-6-17-16-20-18-12-23(15)16/h2-6,12H,7-11H2,1H3. The van der Waals surface area contributed by atoms with E-state index >= 15 is 0 Å². The van der Waals surface area contributed by atoms with Gasteiger partial charge in [-0.05, 0) is 25.1 Å². The molecule has 3 aromatic heterocycles. The van der Waals surface area contributed by atoms with Crippen molar-refractivity contribution in [2.75, 3.05) is 31.1 Å². The molecule has 0 atom stereocenters. The summed E-state index contributed by atoms with van der Waals surface area (Å²) in [6.45, 7) is 6.93. The second-order valence-electron chi connectivity index (χ2n) is 5.84. The third-order valence-corrected chi connectivity index (χ3v) is 4.22. The van der Waals surface area contributed by atoms with Crippen molar-refractivity contribution < 1.29 is 0 Å². The summed E-state index contributed by atoms with van der Waals surface area (Å²) in [5, 5.41) is 7.95. The fraction of sp³-hybridized carbons (Fsp3) is 0.375. The fourth-order valence-electron chi connectivity index (χ4n) is 3.04. The lowest BCUT2D eigenvalue weighted by Gasteiger charge is -2.35. The summed E-state index contributed by atoms with van der Waals surface area (Å²) in [6.07, 6.45) is 3.52. The van der Waals surface area contributed by atoms with Gasteiger partial charge in [-0.1, -0.05) is 6.07 Å². The molecule has 1 aliphatic rings. The van der Waals surface area contributed by atoms with Crippen LogP contribution in [0, 0.1) is 6.92 Å². The average molecular weight is 309 g/mol. The maximum absolute atomic E-state index is 4.59. The quantitative estimate of drug-likeness (QED) is 0.723. The molecule has 0 radical (unpaired) electrons. The van der Waals surface area contributed by atoms with Crippen molar-refractivity contribution in [2.24, 2.45) is 0 Å². The Morgan fingerprint density at radius 3 is 2.78 bits per heavy atom. The molecule has 4 rings (SSSR count). The summed E-state index contributed by atoms with van der Waals surface area (Å²) in [4.78, 5) is 13.6. The number of hydrogen-bond donors (Lipinski definition) is 0. The highest BCUT2D eigenvalue weighted by molar-refractivity contribution is 5.46. The van der Waals surface area contributed by atoms with Crippen LogP contribution in [-0.2, 0) is 6.54 Å². The van der Waals surface area contributed by atoms with Gasteiger partial charge >= 0.3 is 0 Å². The molecule has 0 bridgehead atoms. The van der Waals surface area contributed by atoms with Crippen molar-refractivity contribution in [3.05, 3.63) is 48.2 Å². The van der Waals surface area contributed by atoms with Gasteiger partial charge in [0.25, 0.3) is 5.78 Å². The van der Waals surface area contributed by atoms with Gasteiger partial charge in [-0.3, -0.25) is 14.3 Å². The van der Waals surface area contributed by atoms with Crippen LogP contribution in [0.15, 0.2) is 36.8 Å². The Bertz CT molecular complexity index is 805. The number of fused-ring (bicyclic) bond motifs is 1. The van der Waals surface area contributed by atoms with Gasteiger partial charge in [0, 0.05) is 44.6 Å². The lowest BCUT2D eigenvalue weighted by molar-refractivity contribution is 0.246. The van der Waals surface area contributed by atoms with E-state index in [2.05, 4.69) is 42.1 Å². The third-order valence-electron chi connectivity index (χ3n) is 4.22. The van der Waals surface area contributed by atoms with Crippen LogP contribution >= 0.6 is 0 Å². The molecule has 118 valence electrons. The van der Waals surface area contributed by atoms with Crippen LogP contribution in [0.5, 0.6) is 0 Å². The molecule has 7 heteroatoms. The molecule has 0 saturated carbocycles. The zero-order chi connectivity index (χ0) is 15.6. The highest BCUT2D eigenvalue weighted by Crippen LogP contribution is 2.17. The van der Waals surface area contributed by atoms with Crippen LogP contribution in [0.1, 0.15) is 11.4 Å². The van der Waals surface area contributed by atoms with E-state index in [0.29, 0.717) is 5.78 Å². The van der Waals surface area contributed by atoms with Gasteiger partial charge < -0.3 is 4.90 Å². The van der Waals surface area contributed by atoms with Crippen molar-refractivity contribution in [3.63, 3.8) is 0 Å². The zero-order valence-corrected chi connectivity index (χ0v) is 13.1. The number of rotatable bonds is 3. The van der Waals surface area contributed by atoms with E-state index in [4.69, 9.17) is 0 Å². The van der Waals surface area contributed by atoms with E-state index in [-0.39, 0.29) is 0 Å². The summed E-state index contributed by atoms with van der Waals surface area (Å²) in [7, 11) is 0. The van der Waals surface area contributed by atoms with Gasteiger partial charge in [-0.15, -0.1) is 10.2 Å². The Labute approximate surface area is 134 Å². The Morgan fingerprint density at radius 2 is 1.96 bits per heavy atom. The molecule has 3 aromatic rings. The first kappa shape index (κ1) is 14.1. The molecule has 0 amide bonds. The Morgan fingerprint density at radius 1 is 1.09 bits per heavy atom. The van der Waals surface area contributed by atoms with Crippen molar-refractivity contribution in [3.8, 4) is 0 Å². The molecule has 23 heavy (non-hydrogen) atoms. The number of aromatic nitrogens is 5. The topological polar surface area (TPSA) is 62.5 Å². The first-order chi connectivity index (χ1) is 11.3. The number of nitrogens with zero attached hydrogens (tertiary/aromatic N) is 7. The number of aryl methyl sites for hydroxylation is 1. The predicted molar refractivity (Wildman–Crippen MR) is 87.2 cm³/mol. The average Bonchev–Trinajstić information content (AvgIpc) is 3.04. The van der Waals surface area contributed by atoms with Crippen LogP contribution in [0.2, 0.25) is 0 Å². The Kier molecular flexibility index (Phi) is 3.63. The van der Waals surface area contributed by atoms with Gasteiger partial charge in [0.05, 0.1) is 5.69 Å². The number of hydrogen-bond acceptors (Lipinski definition) is 6. The molecular formula is C16H19N7. The zero-order valence-electron chi connectivity index (χ0n) is 13.1. The van der Waals surface area contributed by atoms with Crippen molar-refractivity contribution >= 4 is 11.6 Å². The van der Waals surface area contributed by atoms with Crippen LogP contribution < -0.4 is 4.90 Å². The van der Waals surface area contributed by atoms with Crippen LogP contribution in [-0.4, -0.2) is 55.6 Å². The Balaban J connectivity index is 1.44. The summed E-state index contributed by atoms with van der Waals surface area (Å²) in [6, 6.07) is 8.24. The second-order valence-corrected chi connectivity index (χ2v) is 5.84. The highest BCUT2D eigenvalue weighted by atomic mass is 15.3. The summed E-state index contributed by atoms with van der Waals surface area (Å²) >= 11 is 0. The smallest absolute Gasteiger partial charge is 0.256 e. The highest BCUT2D eigenvalue weighted by Gasteiger charge is 2.19. The van der Waals surface area contributed by atoms with Gasteiger partial charge in [-0.2, -0.15) is 0 Å². The Hall–Kier alpha value is -2.54. The van der Waals surface area contributed by atoms with E-state index < -0.39 is 0 Å². The largest absolute Gasteiger partial charge is 0.355 e. The van der Waals surface area contributed by atoms with Crippen LogP contribution in [0.3, 0.4) is 0 Å². The van der Waals surface area contributed by atoms with Crippen molar-refractivity contribution in [2.45, 2.75) is 13.5 Å². The maximum atomic E-state index is 4.59. The van der Waals surface area contributed by atoms with Gasteiger partial charge in [-0.25, -0.2) is 4.98 Å². The molecule has 1 aliphatic heterocycles. The van der Waals surface area contributed by atoms with Crippen molar-refractivity contribution in [1.29, 1.82) is 0 Å². The lowest BCUT2D eigenvalue weighted by atomic mass is 10.2. The first-order valence-corrected chi connectivity index (χ1v) is 7.84. The normalized spacial score (nSPS) is 16.1. The van der Waals surface area contributed by atoms with Gasteiger partial charge in [0.15, 0.2) is 0 Å². The van der Waals surface area contributed by atoms with Crippen LogP contribution in [0.4, 0.5) is 5.82 Å². The minimum absolute atomic E-state index is 0.647. The first-order valence-electron chi connectivity index (χ1n) is 7.84. The molecule has 7 nitrogen and oxygen atoms in total. The molecule has 1 saturated heterocycles. The van der Waals surface area contributed by atoms with E-state index in [1.54, 1.807) is 12.5 Å². The monoisotopic (exact) mass is 309 g/mol. The van der Waals surface area contributed by atoms with Crippen LogP contribution in [0.25, 0.3) is 5.78 Å². The molecule has 0 aromatic carbocycles. The number of piperazine rings is 1. The SMILES string of the molecule is Cc1cccc(CN2CCN(c3ccnc4nncn34)CC2)n1. The van der Waals surface area contributed by atoms with E-state index in [0.717, 1.165) is 49.9 Å². The minimum atomic E-state index is 0.647.